The maximum absolute atomic E-state index is 12.1. The van der Waals surface area contributed by atoms with E-state index >= 15 is 0 Å². The molecule has 0 aliphatic carbocycles. The van der Waals surface area contributed by atoms with Crippen molar-refractivity contribution < 1.29 is 14.5 Å². The minimum atomic E-state index is -0.500. The van der Waals surface area contributed by atoms with Crippen LogP contribution >= 0.6 is 0 Å². The number of nitrogens with one attached hydrogen (secondary N) is 1. The molecule has 0 fully saturated rings. The molecule has 0 spiro atoms. The van der Waals surface area contributed by atoms with E-state index in [1.807, 2.05) is 32.0 Å². The van der Waals surface area contributed by atoms with Gasteiger partial charge in [-0.2, -0.15) is 5.10 Å². The van der Waals surface area contributed by atoms with E-state index in [0.29, 0.717) is 17.9 Å². The maximum atomic E-state index is 12.1. The lowest BCUT2D eigenvalue weighted by Gasteiger charge is -2.07. The average Bonchev–Trinajstić information content (AvgIpc) is 2.63. The van der Waals surface area contributed by atoms with E-state index in [0.717, 1.165) is 11.1 Å². The van der Waals surface area contributed by atoms with Crippen molar-refractivity contribution in [3.05, 3.63) is 68.8 Å². The van der Waals surface area contributed by atoms with E-state index < -0.39 is 4.92 Å². The van der Waals surface area contributed by atoms with Gasteiger partial charge in [0.2, 0.25) is 5.91 Å². The number of hydrogen-bond donors (Lipinski definition) is 1. The van der Waals surface area contributed by atoms with Crippen molar-refractivity contribution >= 4 is 17.3 Å². The Morgan fingerprint density at radius 3 is 2.56 bits per heavy atom. The van der Waals surface area contributed by atoms with Crippen molar-refractivity contribution in [2.24, 2.45) is 5.10 Å². The van der Waals surface area contributed by atoms with Crippen LogP contribution in [0.3, 0.4) is 0 Å². The van der Waals surface area contributed by atoms with Gasteiger partial charge in [0.1, 0.15) is 0 Å². The van der Waals surface area contributed by atoms with Gasteiger partial charge in [-0.05, 0) is 56.5 Å². The van der Waals surface area contributed by atoms with Crippen LogP contribution in [0.15, 0.2) is 41.5 Å². The highest BCUT2D eigenvalue weighted by atomic mass is 16.6. The van der Waals surface area contributed by atoms with Gasteiger partial charge >= 0.3 is 5.69 Å². The van der Waals surface area contributed by atoms with Crippen molar-refractivity contribution in [3.63, 3.8) is 0 Å². The lowest BCUT2D eigenvalue weighted by molar-refractivity contribution is -0.385. The lowest BCUT2D eigenvalue weighted by Crippen LogP contribution is -2.21. The first kappa shape index (κ1) is 20.1. The molecule has 142 valence electrons. The maximum Gasteiger partial charge on any atom is 0.311 e. The molecule has 0 heterocycles. The molecule has 2 rings (SSSR count). The fraction of sp³-hybridized carbons (Fsp3) is 0.300. The minimum absolute atomic E-state index is 0.134. The molecule has 7 heteroatoms. The van der Waals surface area contributed by atoms with Crippen LogP contribution in [0.4, 0.5) is 5.69 Å². The van der Waals surface area contributed by atoms with Gasteiger partial charge in [0, 0.05) is 11.6 Å². The summed E-state index contributed by atoms with van der Waals surface area (Å²) in [4.78, 5) is 22.8. The van der Waals surface area contributed by atoms with E-state index in [-0.39, 0.29) is 23.8 Å². The zero-order valence-corrected chi connectivity index (χ0v) is 15.9. The Balaban J connectivity index is 2.10. The molecule has 0 radical (unpaired) electrons. The van der Waals surface area contributed by atoms with Crippen molar-refractivity contribution in [3.8, 4) is 5.75 Å². The van der Waals surface area contributed by atoms with Crippen LogP contribution in [0.2, 0.25) is 0 Å². The van der Waals surface area contributed by atoms with E-state index in [1.165, 1.54) is 17.7 Å². The molecule has 7 nitrogen and oxygen atoms in total. The summed E-state index contributed by atoms with van der Waals surface area (Å²) in [6.07, 6.45) is 0.210. The summed E-state index contributed by atoms with van der Waals surface area (Å²) in [5.41, 5.74) is 6.57. The fourth-order valence-electron chi connectivity index (χ4n) is 2.51. The fourth-order valence-corrected chi connectivity index (χ4v) is 2.51. The van der Waals surface area contributed by atoms with E-state index in [4.69, 9.17) is 4.74 Å². The van der Waals surface area contributed by atoms with Crippen LogP contribution in [0, 0.1) is 24.0 Å². The van der Waals surface area contributed by atoms with Gasteiger partial charge in [0.25, 0.3) is 0 Å². The number of carbonyl (C=O) groups excluding carboxylic acids is 1. The number of hydrazone groups is 1. The number of nitrogens with zero attached hydrogens (tertiary/aromatic N) is 2. The van der Waals surface area contributed by atoms with Gasteiger partial charge in [-0.3, -0.25) is 14.9 Å². The standard InChI is InChI=1S/C20H23N3O4/c1-5-27-19-9-8-17(12-18(19)23(25)26)15(4)21-22-20(24)11-16-7-6-13(2)14(3)10-16/h6-10,12H,5,11H2,1-4H3,(H,22,24)/b21-15-. The highest BCUT2D eigenvalue weighted by molar-refractivity contribution is 6.00. The Bertz CT molecular complexity index is 891. The molecule has 0 saturated carbocycles. The highest BCUT2D eigenvalue weighted by Crippen LogP contribution is 2.28. The molecule has 0 atom stereocenters. The number of nitro groups is 1. The first-order chi connectivity index (χ1) is 12.8. The number of ether oxygens (including phenoxy) is 1. The Labute approximate surface area is 158 Å². The Morgan fingerprint density at radius 2 is 1.93 bits per heavy atom. The van der Waals surface area contributed by atoms with E-state index in [1.54, 1.807) is 19.9 Å². The predicted octanol–water partition coefficient (Wildman–Crippen LogP) is 3.69. The molecule has 0 bridgehead atoms. The molecule has 0 aliphatic rings. The van der Waals surface area contributed by atoms with Gasteiger partial charge in [0.15, 0.2) is 5.75 Å². The van der Waals surface area contributed by atoms with Gasteiger partial charge in [-0.25, -0.2) is 5.43 Å². The number of amides is 1. The summed E-state index contributed by atoms with van der Waals surface area (Å²) in [7, 11) is 0. The van der Waals surface area contributed by atoms with E-state index in [2.05, 4.69) is 10.5 Å². The van der Waals surface area contributed by atoms with Crippen LogP contribution in [-0.4, -0.2) is 23.1 Å². The van der Waals surface area contributed by atoms with Crippen LogP contribution in [-0.2, 0) is 11.2 Å². The summed E-state index contributed by atoms with van der Waals surface area (Å²) in [5, 5.41) is 15.3. The number of rotatable bonds is 7. The van der Waals surface area contributed by atoms with Crippen LogP contribution in [0.25, 0.3) is 0 Å². The molecule has 1 N–H and O–H groups in total. The normalized spacial score (nSPS) is 11.2. The average molecular weight is 369 g/mol. The third-order valence-electron chi connectivity index (χ3n) is 4.16. The van der Waals surface area contributed by atoms with Crippen LogP contribution in [0.1, 0.15) is 36.1 Å². The van der Waals surface area contributed by atoms with Gasteiger partial charge in [-0.1, -0.05) is 18.2 Å². The largest absolute Gasteiger partial charge is 0.487 e. The molecule has 0 saturated heterocycles. The summed E-state index contributed by atoms with van der Waals surface area (Å²) < 4.78 is 5.26. The van der Waals surface area contributed by atoms with Crippen molar-refractivity contribution in [1.29, 1.82) is 0 Å². The quantitative estimate of drug-likeness (QED) is 0.457. The second-order valence-electron chi connectivity index (χ2n) is 6.20. The lowest BCUT2D eigenvalue weighted by atomic mass is 10.0. The zero-order valence-electron chi connectivity index (χ0n) is 15.9. The zero-order chi connectivity index (χ0) is 20.0. The summed E-state index contributed by atoms with van der Waals surface area (Å²) in [6.45, 7) is 7.79. The topological polar surface area (TPSA) is 93.8 Å². The summed E-state index contributed by atoms with van der Waals surface area (Å²) >= 11 is 0. The molecule has 1 amide bonds. The SMILES string of the molecule is CCOc1ccc(/C(C)=N\NC(=O)Cc2ccc(C)c(C)c2)cc1[N+](=O)[O-]. The number of nitro benzene ring substituents is 1. The predicted molar refractivity (Wildman–Crippen MR) is 104 cm³/mol. The van der Waals surface area contributed by atoms with Crippen molar-refractivity contribution in [2.45, 2.75) is 34.1 Å². The Hall–Kier alpha value is -3.22. The Morgan fingerprint density at radius 1 is 1.19 bits per heavy atom. The monoisotopic (exact) mass is 369 g/mol. The van der Waals surface area contributed by atoms with E-state index in [9.17, 15) is 14.9 Å². The molecule has 0 aromatic heterocycles. The van der Waals surface area contributed by atoms with Gasteiger partial charge in [0.05, 0.1) is 23.7 Å². The number of hydrogen-bond acceptors (Lipinski definition) is 5. The number of carbonyl (C=O) groups is 1. The molecule has 0 unspecified atom stereocenters. The molecule has 27 heavy (non-hydrogen) atoms. The van der Waals surface area contributed by atoms with Crippen LogP contribution in [0.5, 0.6) is 5.75 Å². The molecular weight excluding hydrogens is 346 g/mol. The smallest absolute Gasteiger partial charge is 0.311 e. The molecule has 2 aromatic rings. The van der Waals surface area contributed by atoms with Crippen molar-refractivity contribution in [1.82, 2.24) is 5.43 Å². The Kier molecular flexibility index (Phi) is 6.65. The summed E-state index contributed by atoms with van der Waals surface area (Å²) in [5.74, 6) is -0.0455. The first-order valence-electron chi connectivity index (χ1n) is 8.62. The second-order valence-corrected chi connectivity index (χ2v) is 6.20. The third kappa shape index (κ3) is 5.37. The second kappa shape index (κ2) is 8.93. The highest BCUT2D eigenvalue weighted by Gasteiger charge is 2.16. The summed E-state index contributed by atoms with van der Waals surface area (Å²) in [6, 6.07) is 10.5. The van der Waals surface area contributed by atoms with Crippen molar-refractivity contribution in [2.75, 3.05) is 6.61 Å². The third-order valence-corrected chi connectivity index (χ3v) is 4.16. The molecular formula is C20H23N3O4. The number of aryl methyl sites for hydroxylation is 2. The van der Waals surface area contributed by atoms with Gasteiger partial charge in [-0.15, -0.1) is 0 Å². The van der Waals surface area contributed by atoms with Crippen LogP contribution < -0.4 is 10.2 Å². The number of benzene rings is 2. The molecule has 2 aromatic carbocycles. The molecule has 0 aliphatic heterocycles. The minimum Gasteiger partial charge on any atom is -0.487 e. The first-order valence-corrected chi connectivity index (χ1v) is 8.62. The van der Waals surface area contributed by atoms with Gasteiger partial charge < -0.3 is 4.74 Å².